The molecule has 1 heterocycles. The molecular formula is C9H11N3O2. The summed E-state index contributed by atoms with van der Waals surface area (Å²) < 4.78 is 0. The van der Waals surface area contributed by atoms with Crippen molar-refractivity contribution in [3.05, 3.63) is 23.9 Å². The lowest BCUT2D eigenvalue weighted by Gasteiger charge is -2.03. The number of aromatic nitrogens is 1. The van der Waals surface area contributed by atoms with E-state index in [4.69, 9.17) is 5.11 Å². The smallest absolute Gasteiger partial charge is 0.339 e. The van der Waals surface area contributed by atoms with Crippen LogP contribution in [0.2, 0.25) is 0 Å². The molecule has 5 nitrogen and oxygen atoms in total. The summed E-state index contributed by atoms with van der Waals surface area (Å²) in [5, 5.41) is 8.80. The summed E-state index contributed by atoms with van der Waals surface area (Å²) in [5.74, 6) is -0.808. The molecule has 0 aliphatic heterocycles. The lowest BCUT2D eigenvalue weighted by Crippen LogP contribution is -2.07. The molecule has 0 radical (unpaired) electrons. The number of rotatable bonds is 3. The highest BCUT2D eigenvalue weighted by atomic mass is 16.4. The van der Waals surface area contributed by atoms with Crippen LogP contribution in [0, 0.1) is 0 Å². The summed E-state index contributed by atoms with van der Waals surface area (Å²) in [4.78, 5) is 20.2. The molecule has 0 saturated heterocycles. The Morgan fingerprint density at radius 1 is 1.64 bits per heavy atom. The average molecular weight is 193 g/mol. The summed E-state index contributed by atoms with van der Waals surface area (Å²) >= 11 is 0. The molecule has 0 aliphatic rings. The Morgan fingerprint density at radius 3 is 2.93 bits per heavy atom. The Bertz CT molecular complexity index is 361. The van der Waals surface area contributed by atoms with Crippen molar-refractivity contribution in [2.75, 3.05) is 14.1 Å². The summed E-state index contributed by atoms with van der Waals surface area (Å²) in [5.41, 5.74) is 0.102. The first-order valence-corrected chi connectivity index (χ1v) is 4.00. The standard InChI is InChI=1S/C9H11N3O2/c1-12(2)6-11-8-7(9(13)14)4-3-5-10-8/h3-6H,1-2H3,(H,13,14)/b11-6+. The molecule has 0 aliphatic carbocycles. The largest absolute Gasteiger partial charge is 0.478 e. The number of nitrogens with zero attached hydrogens (tertiary/aromatic N) is 3. The zero-order chi connectivity index (χ0) is 10.6. The van der Waals surface area contributed by atoms with Gasteiger partial charge in [0.15, 0.2) is 5.82 Å². The monoisotopic (exact) mass is 193 g/mol. The van der Waals surface area contributed by atoms with Crippen LogP contribution in [-0.2, 0) is 0 Å². The van der Waals surface area contributed by atoms with E-state index in [0.29, 0.717) is 0 Å². The number of hydrogen-bond acceptors (Lipinski definition) is 3. The van der Waals surface area contributed by atoms with Crippen molar-refractivity contribution in [2.45, 2.75) is 0 Å². The van der Waals surface area contributed by atoms with Gasteiger partial charge in [-0.3, -0.25) is 0 Å². The molecular weight excluding hydrogens is 182 g/mol. The minimum Gasteiger partial charge on any atom is -0.478 e. The molecule has 1 aromatic heterocycles. The second-order valence-electron chi connectivity index (χ2n) is 2.89. The number of pyridine rings is 1. The fraction of sp³-hybridized carbons (Fsp3) is 0.222. The van der Waals surface area contributed by atoms with Crippen LogP contribution in [0.5, 0.6) is 0 Å². The first-order chi connectivity index (χ1) is 6.61. The zero-order valence-corrected chi connectivity index (χ0v) is 8.01. The molecule has 0 fully saturated rings. The maximum Gasteiger partial charge on any atom is 0.339 e. The van der Waals surface area contributed by atoms with Crippen molar-refractivity contribution in [2.24, 2.45) is 4.99 Å². The van der Waals surface area contributed by atoms with Gasteiger partial charge in [-0.25, -0.2) is 14.8 Å². The number of carboxylic acids is 1. The Hall–Kier alpha value is -1.91. The van der Waals surface area contributed by atoms with E-state index in [9.17, 15) is 4.79 Å². The molecule has 74 valence electrons. The predicted octanol–water partition coefficient (Wildman–Crippen LogP) is 1.00. The topological polar surface area (TPSA) is 65.8 Å². The molecule has 0 unspecified atom stereocenters. The van der Waals surface area contributed by atoms with Crippen LogP contribution in [-0.4, -0.2) is 41.4 Å². The molecule has 0 spiro atoms. The molecule has 1 aromatic rings. The van der Waals surface area contributed by atoms with Gasteiger partial charge in [0.25, 0.3) is 0 Å². The normalized spacial score (nSPS) is 10.4. The average Bonchev–Trinajstić information content (AvgIpc) is 2.15. The van der Waals surface area contributed by atoms with Gasteiger partial charge in [0, 0.05) is 20.3 Å². The highest BCUT2D eigenvalue weighted by molar-refractivity contribution is 5.92. The Kier molecular flexibility index (Phi) is 3.17. The third-order valence-electron chi connectivity index (χ3n) is 1.43. The third kappa shape index (κ3) is 2.55. The first-order valence-electron chi connectivity index (χ1n) is 4.00. The molecule has 5 heteroatoms. The SMILES string of the molecule is CN(C)/C=N/c1ncccc1C(=O)O. The quantitative estimate of drug-likeness (QED) is 0.574. The Labute approximate surface area is 81.7 Å². The summed E-state index contributed by atoms with van der Waals surface area (Å²) in [6.45, 7) is 0. The van der Waals surface area contributed by atoms with Gasteiger partial charge in [0.05, 0.1) is 6.34 Å². The predicted molar refractivity (Wildman–Crippen MR) is 53.0 cm³/mol. The molecule has 0 saturated carbocycles. The van der Waals surface area contributed by atoms with E-state index in [1.807, 2.05) is 0 Å². The van der Waals surface area contributed by atoms with E-state index in [1.54, 1.807) is 25.1 Å². The van der Waals surface area contributed by atoms with Crippen LogP contribution in [0.15, 0.2) is 23.3 Å². The van der Waals surface area contributed by atoms with Gasteiger partial charge in [-0.2, -0.15) is 0 Å². The number of aliphatic imine (C=N–C) groups is 1. The third-order valence-corrected chi connectivity index (χ3v) is 1.43. The maximum absolute atomic E-state index is 10.7. The van der Waals surface area contributed by atoms with E-state index in [1.165, 1.54) is 18.6 Å². The van der Waals surface area contributed by atoms with Crippen molar-refractivity contribution in [3.63, 3.8) is 0 Å². The van der Waals surface area contributed by atoms with Crippen molar-refractivity contribution >= 4 is 18.1 Å². The Morgan fingerprint density at radius 2 is 2.36 bits per heavy atom. The van der Waals surface area contributed by atoms with Crippen LogP contribution in [0.25, 0.3) is 0 Å². The number of hydrogen-bond donors (Lipinski definition) is 1. The summed E-state index contributed by atoms with van der Waals surface area (Å²) in [6.07, 6.45) is 3.02. The lowest BCUT2D eigenvalue weighted by atomic mass is 10.2. The van der Waals surface area contributed by atoms with Crippen LogP contribution >= 0.6 is 0 Å². The van der Waals surface area contributed by atoms with Crippen LogP contribution < -0.4 is 0 Å². The molecule has 14 heavy (non-hydrogen) atoms. The molecule has 0 aromatic carbocycles. The van der Waals surface area contributed by atoms with E-state index >= 15 is 0 Å². The highest BCUT2D eigenvalue weighted by Gasteiger charge is 2.08. The van der Waals surface area contributed by atoms with E-state index in [2.05, 4.69) is 9.98 Å². The van der Waals surface area contributed by atoms with Gasteiger partial charge in [-0.15, -0.1) is 0 Å². The minimum atomic E-state index is -1.02. The van der Waals surface area contributed by atoms with E-state index in [-0.39, 0.29) is 11.4 Å². The maximum atomic E-state index is 10.7. The van der Waals surface area contributed by atoms with Gasteiger partial charge >= 0.3 is 5.97 Å². The number of aromatic carboxylic acids is 1. The fourth-order valence-corrected chi connectivity index (χ4v) is 0.837. The van der Waals surface area contributed by atoms with Crippen molar-refractivity contribution in [1.82, 2.24) is 9.88 Å². The summed E-state index contributed by atoms with van der Waals surface area (Å²) in [7, 11) is 3.60. The molecule has 0 atom stereocenters. The van der Waals surface area contributed by atoms with Crippen LogP contribution in [0.3, 0.4) is 0 Å². The van der Waals surface area contributed by atoms with Gasteiger partial charge in [-0.05, 0) is 12.1 Å². The van der Waals surface area contributed by atoms with Crippen molar-refractivity contribution in [1.29, 1.82) is 0 Å². The minimum absolute atomic E-state index is 0.102. The van der Waals surface area contributed by atoms with Gasteiger partial charge in [0.1, 0.15) is 5.56 Å². The summed E-state index contributed by atoms with van der Waals surface area (Å²) in [6, 6.07) is 3.04. The highest BCUT2D eigenvalue weighted by Crippen LogP contribution is 2.13. The van der Waals surface area contributed by atoms with Gasteiger partial charge in [-0.1, -0.05) is 0 Å². The first kappa shape index (κ1) is 10.2. The van der Waals surface area contributed by atoms with Crippen molar-refractivity contribution in [3.8, 4) is 0 Å². The zero-order valence-electron chi connectivity index (χ0n) is 8.01. The molecule has 0 amide bonds. The van der Waals surface area contributed by atoms with Crippen LogP contribution in [0.4, 0.5) is 5.82 Å². The van der Waals surface area contributed by atoms with Gasteiger partial charge < -0.3 is 10.0 Å². The number of carboxylic acid groups (broad SMARTS) is 1. The van der Waals surface area contributed by atoms with Crippen molar-refractivity contribution < 1.29 is 9.90 Å². The van der Waals surface area contributed by atoms with Gasteiger partial charge in [0.2, 0.25) is 0 Å². The number of carbonyl (C=O) groups is 1. The lowest BCUT2D eigenvalue weighted by molar-refractivity contribution is 0.0697. The molecule has 1 N–H and O–H groups in total. The Balaban J connectivity index is 3.02. The van der Waals surface area contributed by atoms with E-state index < -0.39 is 5.97 Å². The fourth-order valence-electron chi connectivity index (χ4n) is 0.837. The molecule has 1 rings (SSSR count). The van der Waals surface area contributed by atoms with Crippen LogP contribution in [0.1, 0.15) is 10.4 Å². The second-order valence-corrected chi connectivity index (χ2v) is 2.89. The second kappa shape index (κ2) is 4.36. The molecule has 0 bridgehead atoms. The van der Waals surface area contributed by atoms with E-state index in [0.717, 1.165) is 0 Å².